The highest BCUT2D eigenvalue weighted by Gasteiger charge is 2.24. The zero-order valence-corrected chi connectivity index (χ0v) is 12.4. The Morgan fingerprint density at radius 3 is 2.78 bits per heavy atom. The molecule has 18 heavy (non-hydrogen) atoms. The van der Waals surface area contributed by atoms with Gasteiger partial charge in [-0.05, 0) is 44.1 Å². The van der Waals surface area contributed by atoms with Crippen LogP contribution in [0.2, 0.25) is 0 Å². The van der Waals surface area contributed by atoms with Gasteiger partial charge in [-0.15, -0.1) is 0 Å². The van der Waals surface area contributed by atoms with Crippen LogP contribution < -0.4 is 0 Å². The molecule has 0 aromatic carbocycles. The number of hydrogen-bond acceptors (Lipinski definition) is 3. The Morgan fingerprint density at radius 1 is 1.22 bits per heavy atom. The molecule has 1 saturated heterocycles. The molecule has 104 valence electrons. The van der Waals surface area contributed by atoms with Gasteiger partial charge in [-0.3, -0.25) is 8.42 Å². The van der Waals surface area contributed by atoms with Crippen molar-refractivity contribution in [2.45, 2.75) is 43.8 Å². The van der Waals surface area contributed by atoms with Crippen LogP contribution in [0.5, 0.6) is 0 Å². The van der Waals surface area contributed by atoms with Crippen LogP contribution in [0.1, 0.15) is 38.5 Å². The van der Waals surface area contributed by atoms with Gasteiger partial charge in [0, 0.05) is 44.1 Å². The van der Waals surface area contributed by atoms with E-state index in [1.54, 1.807) is 0 Å². The minimum absolute atomic E-state index is 0.127. The smallest absolute Gasteiger partial charge is 0.0873 e. The lowest BCUT2D eigenvalue weighted by atomic mass is 10.2. The van der Waals surface area contributed by atoms with Gasteiger partial charge < -0.3 is 4.74 Å². The highest BCUT2D eigenvalue weighted by molar-refractivity contribution is 7.92. The van der Waals surface area contributed by atoms with E-state index >= 15 is 0 Å². The van der Waals surface area contributed by atoms with E-state index in [0.717, 1.165) is 12.8 Å². The molecule has 0 spiro atoms. The second-order valence-electron chi connectivity index (χ2n) is 5.01. The van der Waals surface area contributed by atoms with Crippen LogP contribution >= 0.6 is 0 Å². The van der Waals surface area contributed by atoms with Crippen molar-refractivity contribution in [2.75, 3.05) is 23.9 Å². The molecule has 2 aliphatic rings. The summed E-state index contributed by atoms with van der Waals surface area (Å²) in [6, 6.07) is 0. The summed E-state index contributed by atoms with van der Waals surface area (Å²) in [6.45, 7) is 0.698. The molecule has 0 aromatic heterocycles. The third kappa shape index (κ3) is 4.50. The molecule has 1 saturated carbocycles. The van der Waals surface area contributed by atoms with Gasteiger partial charge in [0.1, 0.15) is 0 Å². The molecule has 1 aliphatic carbocycles. The molecular formula is C13H22O3S2. The molecule has 2 fully saturated rings. The summed E-state index contributed by atoms with van der Waals surface area (Å²) in [5, 5.41) is 0.127. The zero-order chi connectivity index (χ0) is 12.8. The number of hydrogen-bond donors (Lipinski definition) is 0. The van der Waals surface area contributed by atoms with Crippen LogP contribution in [0, 0.1) is 0 Å². The fourth-order valence-corrected chi connectivity index (χ4v) is 6.42. The Hall–Kier alpha value is -0.160. The maximum Gasteiger partial charge on any atom is 0.0873 e. The molecule has 0 N–H and O–H groups in total. The lowest BCUT2D eigenvalue weighted by molar-refractivity contribution is 0.238. The van der Waals surface area contributed by atoms with E-state index in [4.69, 9.17) is 4.74 Å². The van der Waals surface area contributed by atoms with Crippen molar-refractivity contribution in [1.29, 1.82) is 0 Å². The largest absolute Gasteiger partial charge is 0.501 e. The molecule has 1 aliphatic heterocycles. The molecule has 0 aromatic rings. The maximum absolute atomic E-state index is 11.7. The normalized spacial score (nSPS) is 32.4. The Morgan fingerprint density at radius 2 is 2.00 bits per heavy atom. The van der Waals surface area contributed by atoms with E-state index in [2.05, 4.69) is 0 Å². The fraction of sp³-hybridized carbons (Fsp3) is 0.846. The van der Waals surface area contributed by atoms with Gasteiger partial charge in [0.15, 0.2) is 0 Å². The lowest BCUT2D eigenvalue weighted by Crippen LogP contribution is -2.33. The van der Waals surface area contributed by atoms with Gasteiger partial charge in [0.2, 0.25) is 0 Å². The topological polar surface area (TPSA) is 43.4 Å². The standard InChI is InChI=1S/C13H22O3S2/c14-17-8-9-18(15)13(11-17)6-3-7-16-10-12-4-1-2-5-12/h10,13H,1-9,11H2. The maximum atomic E-state index is 11.7. The Labute approximate surface area is 114 Å². The van der Waals surface area contributed by atoms with E-state index in [-0.39, 0.29) is 5.25 Å². The molecule has 0 amide bonds. The minimum Gasteiger partial charge on any atom is -0.501 e. The van der Waals surface area contributed by atoms with Gasteiger partial charge in [-0.25, -0.2) is 0 Å². The van der Waals surface area contributed by atoms with Gasteiger partial charge >= 0.3 is 0 Å². The van der Waals surface area contributed by atoms with Crippen molar-refractivity contribution in [3.8, 4) is 0 Å². The summed E-state index contributed by atoms with van der Waals surface area (Å²) in [5.74, 6) is 1.85. The molecule has 3 atom stereocenters. The summed E-state index contributed by atoms with van der Waals surface area (Å²) in [5.41, 5.74) is 1.43. The molecule has 3 nitrogen and oxygen atoms in total. The van der Waals surface area contributed by atoms with Crippen molar-refractivity contribution in [2.24, 2.45) is 0 Å². The van der Waals surface area contributed by atoms with Crippen LogP contribution in [0.15, 0.2) is 11.8 Å². The molecule has 5 heteroatoms. The second-order valence-corrected chi connectivity index (χ2v) is 8.47. The van der Waals surface area contributed by atoms with Gasteiger partial charge in [-0.2, -0.15) is 0 Å². The quantitative estimate of drug-likeness (QED) is 0.575. The van der Waals surface area contributed by atoms with Crippen LogP contribution in [0.25, 0.3) is 0 Å². The van der Waals surface area contributed by atoms with Crippen LogP contribution in [-0.4, -0.2) is 37.5 Å². The number of ether oxygens (including phenoxy) is 1. The molecule has 0 radical (unpaired) electrons. The third-order valence-corrected chi connectivity index (χ3v) is 7.20. The lowest BCUT2D eigenvalue weighted by Gasteiger charge is -2.20. The summed E-state index contributed by atoms with van der Waals surface area (Å²) in [7, 11) is -1.52. The SMILES string of the molecule is O=S1CCS(=O)C(CCCOC=C2CCCC2)C1. The van der Waals surface area contributed by atoms with Gasteiger partial charge in [0.05, 0.1) is 12.9 Å². The van der Waals surface area contributed by atoms with Crippen LogP contribution in [-0.2, 0) is 26.3 Å². The Bertz CT molecular complexity index is 344. The van der Waals surface area contributed by atoms with Crippen molar-refractivity contribution < 1.29 is 13.2 Å². The number of allylic oxidation sites excluding steroid dienone is 1. The predicted octanol–water partition coefficient (Wildman–Crippen LogP) is 2.12. The van der Waals surface area contributed by atoms with Crippen molar-refractivity contribution in [3.63, 3.8) is 0 Å². The Kier molecular flexibility index (Phi) is 5.89. The first-order valence-corrected chi connectivity index (χ1v) is 9.64. The number of rotatable bonds is 5. The van der Waals surface area contributed by atoms with Gasteiger partial charge in [0.25, 0.3) is 0 Å². The van der Waals surface area contributed by atoms with E-state index in [1.165, 1.54) is 31.3 Å². The molecular weight excluding hydrogens is 268 g/mol. The predicted molar refractivity (Wildman–Crippen MR) is 76.4 cm³/mol. The van der Waals surface area contributed by atoms with Crippen molar-refractivity contribution in [1.82, 2.24) is 0 Å². The average Bonchev–Trinajstić information content (AvgIpc) is 2.86. The summed E-state index contributed by atoms with van der Waals surface area (Å²) >= 11 is 0. The van der Waals surface area contributed by atoms with E-state index in [0.29, 0.717) is 23.9 Å². The van der Waals surface area contributed by atoms with Crippen LogP contribution in [0.4, 0.5) is 0 Å². The first kappa shape index (κ1) is 14.3. The zero-order valence-electron chi connectivity index (χ0n) is 10.8. The average molecular weight is 290 g/mol. The monoisotopic (exact) mass is 290 g/mol. The minimum atomic E-state index is -0.770. The van der Waals surface area contributed by atoms with Crippen LogP contribution in [0.3, 0.4) is 0 Å². The molecule has 2 rings (SSSR count). The first-order chi connectivity index (χ1) is 8.75. The van der Waals surface area contributed by atoms with Gasteiger partial charge in [-0.1, -0.05) is 0 Å². The fourth-order valence-electron chi connectivity index (χ4n) is 2.44. The Balaban J connectivity index is 1.61. The van der Waals surface area contributed by atoms with Crippen molar-refractivity contribution >= 4 is 21.6 Å². The van der Waals surface area contributed by atoms with Crippen molar-refractivity contribution in [3.05, 3.63) is 11.8 Å². The highest BCUT2D eigenvalue weighted by atomic mass is 32.2. The third-order valence-electron chi connectivity index (χ3n) is 3.54. The van der Waals surface area contributed by atoms with E-state index in [1.807, 2.05) is 6.26 Å². The van der Waals surface area contributed by atoms with E-state index < -0.39 is 21.6 Å². The summed E-state index contributed by atoms with van der Waals surface area (Å²) in [4.78, 5) is 0. The summed E-state index contributed by atoms with van der Waals surface area (Å²) < 4.78 is 28.7. The molecule has 3 unspecified atom stereocenters. The van der Waals surface area contributed by atoms with E-state index in [9.17, 15) is 8.42 Å². The first-order valence-electron chi connectivity index (χ1n) is 6.77. The second kappa shape index (κ2) is 7.43. The summed E-state index contributed by atoms with van der Waals surface area (Å²) in [6.07, 6.45) is 8.67. The molecule has 0 bridgehead atoms. The molecule has 1 heterocycles. The highest BCUT2D eigenvalue weighted by Crippen LogP contribution is 2.23.